The Bertz CT molecular complexity index is 461. The minimum atomic E-state index is 0.564. The van der Waals surface area contributed by atoms with E-state index in [1.807, 2.05) is 24.4 Å². The molecule has 0 bridgehead atoms. The molecule has 0 unspecified atom stereocenters. The normalized spacial score (nSPS) is 18.8. The summed E-state index contributed by atoms with van der Waals surface area (Å²) in [5.74, 6) is 0. The van der Waals surface area contributed by atoms with Gasteiger partial charge in [-0.1, -0.05) is 24.3 Å². The van der Waals surface area contributed by atoms with E-state index in [-0.39, 0.29) is 0 Å². The molecular weight excluding hydrogens is 184 g/mol. The fourth-order valence-electron chi connectivity index (χ4n) is 1.74. The third-order valence-electron chi connectivity index (χ3n) is 2.66. The summed E-state index contributed by atoms with van der Waals surface area (Å²) in [6, 6.07) is 15.1. The van der Waals surface area contributed by atoms with Gasteiger partial charge in [-0.05, 0) is 23.8 Å². The highest BCUT2D eigenvalue weighted by Gasteiger charge is 2.22. The first-order chi connectivity index (χ1) is 7.43. The fourth-order valence-corrected chi connectivity index (χ4v) is 1.74. The molecule has 1 aliphatic rings. The maximum absolute atomic E-state index is 4.35. The van der Waals surface area contributed by atoms with Crippen LogP contribution in [0.1, 0.15) is 11.6 Å². The van der Waals surface area contributed by atoms with Crippen molar-refractivity contribution in [3.05, 3.63) is 54.2 Å². The molecule has 2 heteroatoms. The lowest BCUT2D eigenvalue weighted by Crippen LogP contribution is -1.87. The van der Waals surface area contributed by atoms with Crippen molar-refractivity contribution >= 4 is 0 Å². The summed E-state index contributed by atoms with van der Waals surface area (Å²) in [7, 11) is 0. The van der Waals surface area contributed by atoms with Crippen LogP contribution in [0.25, 0.3) is 11.3 Å². The Kier molecular flexibility index (Phi) is 2.00. The highest BCUT2D eigenvalue weighted by atomic mass is 15.1. The van der Waals surface area contributed by atoms with Gasteiger partial charge in [0.25, 0.3) is 0 Å². The Morgan fingerprint density at radius 2 is 2.07 bits per heavy atom. The van der Waals surface area contributed by atoms with Crippen molar-refractivity contribution in [1.29, 1.82) is 0 Å². The van der Waals surface area contributed by atoms with Crippen LogP contribution in [-0.2, 0) is 0 Å². The van der Waals surface area contributed by atoms with Gasteiger partial charge in [0.05, 0.1) is 5.69 Å². The van der Waals surface area contributed by atoms with Crippen molar-refractivity contribution in [3.8, 4) is 11.3 Å². The summed E-state index contributed by atoms with van der Waals surface area (Å²) in [5.41, 5.74) is 3.60. The zero-order valence-electron chi connectivity index (χ0n) is 8.35. The maximum atomic E-state index is 4.35. The van der Waals surface area contributed by atoms with Gasteiger partial charge in [-0.25, -0.2) is 0 Å². The zero-order valence-corrected chi connectivity index (χ0v) is 8.35. The van der Waals surface area contributed by atoms with Crippen LogP contribution in [0, 0.1) is 0 Å². The molecular formula is C13H12N2. The molecule has 1 N–H and O–H groups in total. The molecule has 3 rings (SSSR count). The Labute approximate surface area is 89.0 Å². The average Bonchev–Trinajstić information content (AvgIpc) is 3.14. The average molecular weight is 196 g/mol. The van der Waals surface area contributed by atoms with E-state index in [9.17, 15) is 0 Å². The van der Waals surface area contributed by atoms with Crippen LogP contribution in [0.4, 0.5) is 0 Å². The monoisotopic (exact) mass is 196 g/mol. The number of aromatic nitrogens is 1. The molecule has 1 aliphatic heterocycles. The van der Waals surface area contributed by atoms with Crippen molar-refractivity contribution in [2.45, 2.75) is 6.04 Å². The quantitative estimate of drug-likeness (QED) is 0.748. The smallest absolute Gasteiger partial charge is 0.0702 e. The molecule has 1 atom stereocenters. The minimum Gasteiger partial charge on any atom is -0.307 e. The molecule has 0 spiro atoms. The van der Waals surface area contributed by atoms with Crippen LogP contribution in [0.2, 0.25) is 0 Å². The molecule has 74 valence electrons. The molecule has 1 fully saturated rings. The lowest BCUT2D eigenvalue weighted by molar-refractivity contribution is 1.08. The molecule has 2 aromatic rings. The lowest BCUT2D eigenvalue weighted by atomic mass is 10.1. The summed E-state index contributed by atoms with van der Waals surface area (Å²) >= 11 is 0. The van der Waals surface area contributed by atoms with Gasteiger partial charge in [0.2, 0.25) is 0 Å². The summed E-state index contributed by atoms with van der Waals surface area (Å²) in [6.45, 7) is 1.10. The number of hydrogen-bond donors (Lipinski definition) is 1. The molecule has 1 aromatic heterocycles. The second-order valence-electron chi connectivity index (χ2n) is 3.80. The van der Waals surface area contributed by atoms with E-state index < -0.39 is 0 Å². The molecule has 0 amide bonds. The first-order valence-corrected chi connectivity index (χ1v) is 5.18. The van der Waals surface area contributed by atoms with Crippen molar-refractivity contribution < 1.29 is 0 Å². The SMILES string of the molecule is c1ccc(-c2cccc([C@H]3CN3)c2)nc1. The maximum Gasteiger partial charge on any atom is 0.0702 e. The first-order valence-electron chi connectivity index (χ1n) is 5.18. The van der Waals surface area contributed by atoms with Gasteiger partial charge in [-0.3, -0.25) is 4.98 Å². The van der Waals surface area contributed by atoms with Gasteiger partial charge < -0.3 is 5.32 Å². The number of nitrogens with one attached hydrogen (secondary N) is 1. The van der Waals surface area contributed by atoms with E-state index >= 15 is 0 Å². The van der Waals surface area contributed by atoms with Crippen molar-refractivity contribution in [2.75, 3.05) is 6.54 Å². The van der Waals surface area contributed by atoms with Crippen LogP contribution in [0.15, 0.2) is 48.7 Å². The molecule has 15 heavy (non-hydrogen) atoms. The van der Waals surface area contributed by atoms with E-state index in [1.165, 1.54) is 11.1 Å². The molecule has 2 nitrogen and oxygen atoms in total. The number of pyridine rings is 1. The summed E-state index contributed by atoms with van der Waals surface area (Å²) in [5, 5.41) is 3.31. The van der Waals surface area contributed by atoms with Gasteiger partial charge in [0.1, 0.15) is 0 Å². The second-order valence-corrected chi connectivity index (χ2v) is 3.80. The van der Waals surface area contributed by atoms with Crippen LogP contribution in [0.5, 0.6) is 0 Å². The van der Waals surface area contributed by atoms with E-state index in [0.717, 1.165) is 12.2 Å². The summed E-state index contributed by atoms with van der Waals surface area (Å²) in [4.78, 5) is 4.35. The van der Waals surface area contributed by atoms with Gasteiger partial charge in [-0.15, -0.1) is 0 Å². The van der Waals surface area contributed by atoms with Gasteiger partial charge >= 0.3 is 0 Å². The fraction of sp³-hybridized carbons (Fsp3) is 0.154. The third kappa shape index (κ3) is 1.76. The van der Waals surface area contributed by atoms with Crippen LogP contribution in [-0.4, -0.2) is 11.5 Å². The van der Waals surface area contributed by atoms with Gasteiger partial charge in [-0.2, -0.15) is 0 Å². The molecule has 1 saturated heterocycles. The minimum absolute atomic E-state index is 0.564. The predicted octanol–water partition coefficient (Wildman–Crippen LogP) is 2.39. The Morgan fingerprint density at radius 3 is 2.80 bits per heavy atom. The Morgan fingerprint density at radius 1 is 1.13 bits per heavy atom. The van der Waals surface area contributed by atoms with Crippen molar-refractivity contribution in [1.82, 2.24) is 10.3 Å². The van der Waals surface area contributed by atoms with Crippen LogP contribution < -0.4 is 5.32 Å². The topological polar surface area (TPSA) is 34.8 Å². The number of benzene rings is 1. The standard InChI is InChI=1S/C13H12N2/c1-2-7-14-12(6-1)10-4-3-5-11(8-10)13-9-15-13/h1-8,13,15H,9H2/t13-/m1/s1. The summed E-state index contributed by atoms with van der Waals surface area (Å²) < 4.78 is 0. The van der Waals surface area contributed by atoms with Gasteiger partial charge in [0.15, 0.2) is 0 Å². The lowest BCUT2D eigenvalue weighted by Gasteiger charge is -2.02. The van der Waals surface area contributed by atoms with Crippen molar-refractivity contribution in [2.24, 2.45) is 0 Å². The highest BCUT2D eigenvalue weighted by molar-refractivity contribution is 5.60. The van der Waals surface area contributed by atoms with Crippen molar-refractivity contribution in [3.63, 3.8) is 0 Å². The first kappa shape index (κ1) is 8.62. The molecule has 0 aliphatic carbocycles. The van der Waals surface area contributed by atoms with Gasteiger partial charge in [0, 0.05) is 24.3 Å². The number of nitrogens with zero attached hydrogens (tertiary/aromatic N) is 1. The Balaban J connectivity index is 2.01. The second kappa shape index (κ2) is 3.48. The zero-order chi connectivity index (χ0) is 10.1. The summed E-state index contributed by atoms with van der Waals surface area (Å²) in [6.07, 6.45) is 1.83. The number of hydrogen-bond acceptors (Lipinski definition) is 2. The van der Waals surface area contributed by atoms with E-state index in [2.05, 4.69) is 34.6 Å². The number of rotatable bonds is 2. The van der Waals surface area contributed by atoms with E-state index in [4.69, 9.17) is 0 Å². The molecule has 0 saturated carbocycles. The largest absolute Gasteiger partial charge is 0.307 e. The van der Waals surface area contributed by atoms with Crippen LogP contribution >= 0.6 is 0 Å². The van der Waals surface area contributed by atoms with Crippen LogP contribution in [0.3, 0.4) is 0 Å². The van der Waals surface area contributed by atoms with E-state index in [0.29, 0.717) is 6.04 Å². The predicted molar refractivity (Wildman–Crippen MR) is 60.4 cm³/mol. The molecule has 2 heterocycles. The Hall–Kier alpha value is -1.67. The molecule has 1 aromatic carbocycles. The third-order valence-corrected chi connectivity index (χ3v) is 2.66. The highest BCUT2D eigenvalue weighted by Crippen LogP contribution is 2.25. The molecule has 0 radical (unpaired) electrons. The van der Waals surface area contributed by atoms with E-state index in [1.54, 1.807) is 0 Å².